The van der Waals surface area contributed by atoms with E-state index in [4.69, 9.17) is 4.42 Å². The minimum atomic E-state index is -0.949. The molecule has 1 aliphatic rings. The van der Waals surface area contributed by atoms with Crippen molar-refractivity contribution in [3.05, 3.63) is 71.6 Å². The molecular formula is C25H22F2N6O2. The number of hydrogen-bond donors (Lipinski definition) is 1. The van der Waals surface area contributed by atoms with Gasteiger partial charge in [-0.3, -0.25) is 9.78 Å². The number of nitrogens with zero attached hydrogens (tertiary/aromatic N) is 5. The van der Waals surface area contributed by atoms with E-state index in [2.05, 4.69) is 25.5 Å². The largest absolute Gasteiger partial charge is 0.415 e. The molecule has 1 fully saturated rings. The summed E-state index contributed by atoms with van der Waals surface area (Å²) in [6, 6.07) is 11.4. The van der Waals surface area contributed by atoms with E-state index in [0.29, 0.717) is 36.9 Å². The van der Waals surface area contributed by atoms with Gasteiger partial charge in [0.25, 0.3) is 11.8 Å². The van der Waals surface area contributed by atoms with Crippen molar-refractivity contribution >= 4 is 5.91 Å². The Morgan fingerprint density at radius 2 is 1.74 bits per heavy atom. The van der Waals surface area contributed by atoms with Crippen molar-refractivity contribution in [1.82, 2.24) is 30.4 Å². The molecule has 4 aromatic rings. The molecule has 0 unspecified atom stereocenters. The molecule has 0 aliphatic carbocycles. The first-order valence-corrected chi connectivity index (χ1v) is 11.2. The molecule has 3 heterocycles. The van der Waals surface area contributed by atoms with E-state index in [1.165, 1.54) is 11.1 Å². The maximum Gasteiger partial charge on any atom is 0.268 e. The van der Waals surface area contributed by atoms with Gasteiger partial charge < -0.3 is 14.6 Å². The molecule has 2 aromatic carbocycles. The minimum Gasteiger partial charge on any atom is -0.415 e. The van der Waals surface area contributed by atoms with E-state index in [-0.39, 0.29) is 17.1 Å². The third-order valence-electron chi connectivity index (χ3n) is 5.78. The van der Waals surface area contributed by atoms with Gasteiger partial charge in [0, 0.05) is 30.8 Å². The van der Waals surface area contributed by atoms with Crippen molar-refractivity contribution in [3.63, 3.8) is 0 Å². The Morgan fingerprint density at radius 1 is 1.00 bits per heavy atom. The fourth-order valence-corrected chi connectivity index (χ4v) is 3.94. The van der Waals surface area contributed by atoms with Gasteiger partial charge in [0.1, 0.15) is 22.9 Å². The zero-order chi connectivity index (χ0) is 24.4. The predicted molar refractivity (Wildman–Crippen MR) is 124 cm³/mol. The maximum atomic E-state index is 15.0. The standard InChI is InChI=1S/C25H22F2N6O2/c1-15-22(24-32-31-23(35-24)16-6-3-2-4-7-16)30-20(14-29-15)17-12-18(26)21(19(27)13-17)25(34)33-10-5-8-28-9-11-33/h2-4,6-7,12-14,28H,5,8-11H2,1H3. The number of halogens is 2. The van der Waals surface area contributed by atoms with Crippen molar-refractivity contribution in [2.45, 2.75) is 13.3 Å². The van der Waals surface area contributed by atoms with Gasteiger partial charge in [-0.25, -0.2) is 13.8 Å². The van der Waals surface area contributed by atoms with E-state index in [1.54, 1.807) is 6.92 Å². The lowest BCUT2D eigenvalue weighted by Gasteiger charge is -2.20. The molecule has 1 amide bonds. The van der Waals surface area contributed by atoms with Gasteiger partial charge in [-0.05, 0) is 44.2 Å². The Balaban J connectivity index is 1.47. The molecule has 10 heteroatoms. The van der Waals surface area contributed by atoms with Crippen LogP contribution in [0.2, 0.25) is 0 Å². The predicted octanol–water partition coefficient (Wildman–Crippen LogP) is 3.88. The first-order valence-electron chi connectivity index (χ1n) is 11.2. The molecule has 2 aromatic heterocycles. The highest BCUT2D eigenvalue weighted by Crippen LogP contribution is 2.28. The summed E-state index contributed by atoms with van der Waals surface area (Å²) >= 11 is 0. The van der Waals surface area contributed by atoms with Gasteiger partial charge in [-0.1, -0.05) is 18.2 Å². The molecule has 1 saturated heterocycles. The number of benzene rings is 2. The van der Waals surface area contributed by atoms with Crippen LogP contribution in [0.5, 0.6) is 0 Å². The third kappa shape index (κ3) is 4.65. The molecule has 0 bridgehead atoms. The molecule has 178 valence electrons. The highest BCUT2D eigenvalue weighted by Gasteiger charge is 2.25. The number of rotatable bonds is 4. The number of carbonyl (C=O) groups is 1. The number of nitrogens with one attached hydrogen (secondary N) is 1. The van der Waals surface area contributed by atoms with Crippen LogP contribution in [0.4, 0.5) is 8.78 Å². The molecule has 5 rings (SSSR count). The number of amides is 1. The monoisotopic (exact) mass is 476 g/mol. The molecule has 1 N–H and O–H groups in total. The average molecular weight is 476 g/mol. The molecule has 35 heavy (non-hydrogen) atoms. The zero-order valence-electron chi connectivity index (χ0n) is 19.0. The van der Waals surface area contributed by atoms with Gasteiger partial charge in [-0.15, -0.1) is 10.2 Å². The fraction of sp³-hybridized carbons (Fsp3) is 0.240. The summed E-state index contributed by atoms with van der Waals surface area (Å²) in [4.78, 5) is 23.1. The van der Waals surface area contributed by atoms with Gasteiger partial charge in [0.2, 0.25) is 5.89 Å². The summed E-state index contributed by atoms with van der Waals surface area (Å²) in [6.07, 6.45) is 2.12. The van der Waals surface area contributed by atoms with Crippen molar-refractivity contribution in [1.29, 1.82) is 0 Å². The number of aromatic nitrogens is 4. The Bertz CT molecular complexity index is 1340. The lowest BCUT2D eigenvalue weighted by molar-refractivity contribution is 0.0756. The van der Waals surface area contributed by atoms with Crippen LogP contribution in [0.3, 0.4) is 0 Å². The van der Waals surface area contributed by atoms with E-state index in [0.717, 1.165) is 30.7 Å². The van der Waals surface area contributed by atoms with Crippen molar-refractivity contribution in [2.24, 2.45) is 0 Å². The van der Waals surface area contributed by atoms with E-state index in [9.17, 15) is 4.79 Å². The van der Waals surface area contributed by atoms with Crippen LogP contribution < -0.4 is 5.32 Å². The number of hydrogen-bond acceptors (Lipinski definition) is 7. The second kappa shape index (κ2) is 9.67. The van der Waals surface area contributed by atoms with Crippen LogP contribution in [0, 0.1) is 18.6 Å². The second-order valence-corrected chi connectivity index (χ2v) is 8.18. The number of aryl methyl sites for hydroxylation is 1. The lowest BCUT2D eigenvalue weighted by atomic mass is 10.1. The van der Waals surface area contributed by atoms with Gasteiger partial charge >= 0.3 is 0 Å². The maximum absolute atomic E-state index is 15.0. The van der Waals surface area contributed by atoms with E-state index < -0.39 is 23.1 Å². The minimum absolute atomic E-state index is 0.137. The first-order chi connectivity index (χ1) is 17.0. The summed E-state index contributed by atoms with van der Waals surface area (Å²) in [6.45, 7) is 3.89. The molecule has 0 radical (unpaired) electrons. The average Bonchev–Trinajstić information content (AvgIpc) is 3.19. The van der Waals surface area contributed by atoms with Crippen LogP contribution in [-0.4, -0.2) is 57.2 Å². The van der Waals surface area contributed by atoms with Crippen molar-refractivity contribution < 1.29 is 18.0 Å². The Labute approximate surface area is 200 Å². The Hall–Kier alpha value is -4.05. The number of carbonyl (C=O) groups excluding carboxylic acids is 1. The summed E-state index contributed by atoms with van der Waals surface area (Å²) in [5, 5.41) is 11.3. The summed E-state index contributed by atoms with van der Waals surface area (Å²) in [7, 11) is 0. The van der Waals surface area contributed by atoms with Crippen molar-refractivity contribution in [2.75, 3.05) is 26.2 Å². The van der Waals surface area contributed by atoms with Crippen LogP contribution in [0.1, 0.15) is 22.5 Å². The Morgan fingerprint density at radius 3 is 2.51 bits per heavy atom. The van der Waals surface area contributed by atoms with E-state index >= 15 is 8.78 Å². The molecular weight excluding hydrogens is 454 g/mol. The topological polar surface area (TPSA) is 97.0 Å². The van der Waals surface area contributed by atoms with Crippen LogP contribution >= 0.6 is 0 Å². The molecule has 0 spiro atoms. The summed E-state index contributed by atoms with van der Waals surface area (Å²) in [5.74, 6) is -2.11. The molecule has 0 saturated carbocycles. The van der Waals surface area contributed by atoms with Gasteiger partial charge in [0.05, 0.1) is 17.6 Å². The Kier molecular flexibility index (Phi) is 6.28. The first kappa shape index (κ1) is 22.7. The molecule has 0 atom stereocenters. The smallest absolute Gasteiger partial charge is 0.268 e. The van der Waals surface area contributed by atoms with Gasteiger partial charge in [0.15, 0.2) is 0 Å². The summed E-state index contributed by atoms with van der Waals surface area (Å²) in [5.41, 5.74) is 1.35. The summed E-state index contributed by atoms with van der Waals surface area (Å²) < 4.78 is 35.8. The fourth-order valence-electron chi connectivity index (χ4n) is 3.94. The SMILES string of the molecule is Cc1ncc(-c2cc(F)c(C(=O)N3CCCNCC3)c(F)c2)nc1-c1nnc(-c2ccccc2)o1. The quantitative estimate of drug-likeness (QED) is 0.477. The zero-order valence-corrected chi connectivity index (χ0v) is 19.0. The molecule has 1 aliphatic heterocycles. The van der Waals surface area contributed by atoms with Crippen LogP contribution in [0.15, 0.2) is 53.1 Å². The lowest BCUT2D eigenvalue weighted by Crippen LogP contribution is -2.35. The van der Waals surface area contributed by atoms with Crippen molar-refractivity contribution in [3.8, 4) is 34.3 Å². The third-order valence-corrected chi connectivity index (χ3v) is 5.78. The van der Waals surface area contributed by atoms with Crippen LogP contribution in [0.25, 0.3) is 34.3 Å². The normalized spacial score (nSPS) is 14.1. The van der Waals surface area contributed by atoms with Gasteiger partial charge in [-0.2, -0.15) is 0 Å². The second-order valence-electron chi connectivity index (χ2n) is 8.18. The highest BCUT2D eigenvalue weighted by molar-refractivity contribution is 5.95. The highest BCUT2D eigenvalue weighted by atomic mass is 19.1. The molecule has 8 nitrogen and oxygen atoms in total. The van der Waals surface area contributed by atoms with Crippen LogP contribution in [-0.2, 0) is 0 Å². The van der Waals surface area contributed by atoms with E-state index in [1.807, 2.05) is 30.3 Å².